The molecule has 2 aromatic heterocycles. The van der Waals surface area contributed by atoms with Gasteiger partial charge in [-0.15, -0.1) is 0 Å². The molecule has 0 saturated carbocycles. The maximum atomic E-state index is 10.9. The summed E-state index contributed by atoms with van der Waals surface area (Å²) in [6, 6.07) is 7.79. The number of anilines is 1. The van der Waals surface area contributed by atoms with Crippen LogP contribution in [-0.2, 0) is 11.3 Å². The third-order valence-corrected chi connectivity index (χ3v) is 5.18. The van der Waals surface area contributed by atoms with Crippen LogP contribution in [0.3, 0.4) is 0 Å². The molecule has 1 aliphatic heterocycles. The van der Waals surface area contributed by atoms with Crippen molar-refractivity contribution in [3.05, 3.63) is 46.2 Å². The SMILES string of the molecule is Cc1cc(Cl)ccc1Cn1nc(C#N)c2ncc(N3CCN(C=O)CC3)nc21. The van der Waals surface area contributed by atoms with Crippen molar-refractivity contribution in [3.8, 4) is 6.07 Å². The summed E-state index contributed by atoms with van der Waals surface area (Å²) in [4.78, 5) is 23.9. The Labute approximate surface area is 167 Å². The summed E-state index contributed by atoms with van der Waals surface area (Å²) in [6.45, 7) is 5.13. The fourth-order valence-electron chi connectivity index (χ4n) is 3.33. The van der Waals surface area contributed by atoms with E-state index >= 15 is 0 Å². The first-order valence-corrected chi connectivity index (χ1v) is 9.30. The lowest BCUT2D eigenvalue weighted by atomic mass is 10.1. The van der Waals surface area contributed by atoms with Crippen molar-refractivity contribution in [1.29, 1.82) is 5.26 Å². The van der Waals surface area contributed by atoms with Gasteiger partial charge < -0.3 is 9.80 Å². The van der Waals surface area contributed by atoms with Crippen molar-refractivity contribution in [2.45, 2.75) is 13.5 Å². The summed E-state index contributed by atoms with van der Waals surface area (Å²) in [5, 5.41) is 14.5. The van der Waals surface area contributed by atoms with Crippen LogP contribution in [0.15, 0.2) is 24.4 Å². The zero-order valence-corrected chi connectivity index (χ0v) is 16.1. The molecular weight excluding hydrogens is 378 g/mol. The Bertz CT molecular complexity index is 1080. The maximum absolute atomic E-state index is 10.9. The molecule has 0 bridgehead atoms. The van der Waals surface area contributed by atoms with Crippen molar-refractivity contribution in [1.82, 2.24) is 24.6 Å². The van der Waals surface area contributed by atoms with Crippen LogP contribution in [0.2, 0.25) is 5.02 Å². The number of carbonyl (C=O) groups excluding carboxylic acids is 1. The highest BCUT2D eigenvalue weighted by Crippen LogP contribution is 2.22. The molecule has 0 N–H and O–H groups in total. The lowest BCUT2D eigenvalue weighted by Gasteiger charge is -2.33. The minimum atomic E-state index is 0.256. The summed E-state index contributed by atoms with van der Waals surface area (Å²) in [5.74, 6) is 0.719. The molecule has 1 amide bonds. The molecule has 1 saturated heterocycles. The largest absolute Gasteiger partial charge is 0.352 e. The Balaban J connectivity index is 1.70. The van der Waals surface area contributed by atoms with E-state index in [1.165, 1.54) is 0 Å². The second-order valence-corrected chi connectivity index (χ2v) is 7.15. The predicted molar refractivity (Wildman–Crippen MR) is 105 cm³/mol. The first kappa shape index (κ1) is 18.2. The highest BCUT2D eigenvalue weighted by atomic mass is 35.5. The van der Waals surface area contributed by atoms with E-state index < -0.39 is 0 Å². The number of hydrogen-bond donors (Lipinski definition) is 0. The molecule has 1 aromatic carbocycles. The zero-order chi connectivity index (χ0) is 19.7. The highest BCUT2D eigenvalue weighted by Gasteiger charge is 2.20. The van der Waals surface area contributed by atoms with Gasteiger partial charge in [0.15, 0.2) is 11.3 Å². The lowest BCUT2D eigenvalue weighted by molar-refractivity contribution is -0.118. The fourth-order valence-corrected chi connectivity index (χ4v) is 3.55. The second-order valence-electron chi connectivity index (χ2n) is 6.72. The number of hydrogen-bond acceptors (Lipinski definition) is 6. The second kappa shape index (κ2) is 7.44. The van der Waals surface area contributed by atoms with E-state index in [0.29, 0.717) is 48.9 Å². The normalized spacial score (nSPS) is 14.3. The monoisotopic (exact) mass is 395 g/mol. The minimum absolute atomic E-state index is 0.256. The molecule has 142 valence electrons. The molecule has 1 aliphatic rings. The van der Waals surface area contributed by atoms with E-state index in [0.717, 1.165) is 23.4 Å². The van der Waals surface area contributed by atoms with Crippen molar-refractivity contribution in [3.63, 3.8) is 0 Å². The lowest BCUT2D eigenvalue weighted by Crippen LogP contribution is -2.46. The molecule has 3 aromatic rings. The third-order valence-electron chi connectivity index (χ3n) is 4.95. The van der Waals surface area contributed by atoms with E-state index in [1.807, 2.05) is 25.1 Å². The first-order valence-electron chi connectivity index (χ1n) is 8.92. The van der Waals surface area contributed by atoms with Crippen molar-refractivity contribution >= 4 is 35.0 Å². The summed E-state index contributed by atoms with van der Waals surface area (Å²) < 4.78 is 1.71. The average Bonchev–Trinajstić information content (AvgIpc) is 3.07. The predicted octanol–water partition coefficient (Wildman–Crippen LogP) is 1.99. The Kier molecular flexibility index (Phi) is 4.84. The van der Waals surface area contributed by atoms with Crippen LogP contribution in [-0.4, -0.2) is 57.2 Å². The summed E-state index contributed by atoms with van der Waals surface area (Å²) in [5.41, 5.74) is 3.41. The minimum Gasteiger partial charge on any atom is -0.352 e. The highest BCUT2D eigenvalue weighted by molar-refractivity contribution is 6.30. The van der Waals surface area contributed by atoms with Gasteiger partial charge in [-0.2, -0.15) is 10.4 Å². The standard InChI is InChI=1S/C19H18ClN7O/c1-13-8-15(20)3-2-14(13)11-27-19-18(16(9-21)24-27)22-10-17(23-19)26-6-4-25(12-28)5-7-26/h2-3,8,10,12H,4-7,11H2,1H3. The number of nitriles is 1. The summed E-state index contributed by atoms with van der Waals surface area (Å²) in [6.07, 6.45) is 2.54. The van der Waals surface area contributed by atoms with Crippen LogP contribution in [0.25, 0.3) is 11.2 Å². The third kappa shape index (κ3) is 3.37. The molecule has 0 aliphatic carbocycles. The van der Waals surface area contributed by atoms with Gasteiger partial charge in [0, 0.05) is 31.2 Å². The number of piperazine rings is 1. The zero-order valence-electron chi connectivity index (χ0n) is 15.3. The Hall–Kier alpha value is -3.18. The van der Waals surface area contributed by atoms with Crippen molar-refractivity contribution in [2.24, 2.45) is 0 Å². The smallest absolute Gasteiger partial charge is 0.209 e. The molecule has 0 radical (unpaired) electrons. The van der Waals surface area contributed by atoms with E-state index in [4.69, 9.17) is 16.6 Å². The molecule has 9 heteroatoms. The van der Waals surface area contributed by atoms with Gasteiger partial charge in [-0.25, -0.2) is 14.6 Å². The Morgan fingerprint density at radius 2 is 2.07 bits per heavy atom. The number of rotatable bonds is 4. The number of halogens is 1. The molecule has 0 spiro atoms. The Morgan fingerprint density at radius 3 is 2.75 bits per heavy atom. The number of amides is 1. The van der Waals surface area contributed by atoms with Gasteiger partial charge in [-0.1, -0.05) is 17.7 Å². The van der Waals surface area contributed by atoms with Gasteiger partial charge >= 0.3 is 0 Å². The van der Waals surface area contributed by atoms with Crippen LogP contribution in [0.4, 0.5) is 5.82 Å². The van der Waals surface area contributed by atoms with Gasteiger partial charge in [-0.3, -0.25) is 4.79 Å². The number of carbonyl (C=O) groups is 1. The van der Waals surface area contributed by atoms with E-state index in [-0.39, 0.29) is 5.69 Å². The van der Waals surface area contributed by atoms with Crippen LogP contribution < -0.4 is 4.90 Å². The van der Waals surface area contributed by atoms with Crippen LogP contribution in [0, 0.1) is 18.3 Å². The van der Waals surface area contributed by atoms with Crippen LogP contribution >= 0.6 is 11.6 Å². The van der Waals surface area contributed by atoms with E-state index in [9.17, 15) is 10.1 Å². The number of benzene rings is 1. The fraction of sp³-hybridized carbons (Fsp3) is 0.316. The van der Waals surface area contributed by atoms with Gasteiger partial charge in [-0.05, 0) is 30.2 Å². The van der Waals surface area contributed by atoms with Crippen LogP contribution in [0.1, 0.15) is 16.8 Å². The maximum Gasteiger partial charge on any atom is 0.209 e. The van der Waals surface area contributed by atoms with E-state index in [2.05, 4.69) is 21.1 Å². The van der Waals surface area contributed by atoms with Crippen LogP contribution in [0.5, 0.6) is 0 Å². The number of aromatic nitrogens is 4. The Morgan fingerprint density at radius 1 is 1.29 bits per heavy atom. The molecule has 1 fully saturated rings. The van der Waals surface area contributed by atoms with Gasteiger partial charge in [0.25, 0.3) is 0 Å². The molecule has 0 unspecified atom stereocenters. The average molecular weight is 396 g/mol. The van der Waals surface area contributed by atoms with Gasteiger partial charge in [0.2, 0.25) is 6.41 Å². The van der Waals surface area contributed by atoms with Gasteiger partial charge in [0.05, 0.1) is 12.7 Å². The first-order chi connectivity index (χ1) is 13.6. The molecular formula is C19H18ClN7O. The summed E-state index contributed by atoms with van der Waals surface area (Å²) in [7, 11) is 0. The van der Waals surface area contributed by atoms with Gasteiger partial charge in [0.1, 0.15) is 17.4 Å². The number of nitrogens with zero attached hydrogens (tertiary/aromatic N) is 7. The molecule has 8 nitrogen and oxygen atoms in total. The van der Waals surface area contributed by atoms with E-state index in [1.54, 1.807) is 15.8 Å². The molecule has 28 heavy (non-hydrogen) atoms. The molecule has 4 rings (SSSR count). The summed E-state index contributed by atoms with van der Waals surface area (Å²) >= 11 is 6.05. The topological polar surface area (TPSA) is 90.9 Å². The molecule has 3 heterocycles. The molecule has 0 atom stereocenters. The van der Waals surface area contributed by atoms with Crippen molar-refractivity contribution in [2.75, 3.05) is 31.1 Å². The quantitative estimate of drug-likeness (QED) is 0.627. The number of aryl methyl sites for hydroxylation is 1. The number of fused-ring (bicyclic) bond motifs is 1. The van der Waals surface area contributed by atoms with Crippen molar-refractivity contribution < 1.29 is 4.79 Å².